The molecule has 1 heterocycles. The summed E-state index contributed by atoms with van der Waals surface area (Å²) >= 11 is 0. The summed E-state index contributed by atoms with van der Waals surface area (Å²) in [5, 5.41) is 3.15. The molecule has 0 radical (unpaired) electrons. The molecule has 1 fully saturated rings. The van der Waals surface area contributed by atoms with Gasteiger partial charge in [-0.15, -0.1) is 0 Å². The van der Waals surface area contributed by atoms with Crippen LogP contribution < -0.4 is 5.32 Å². The van der Waals surface area contributed by atoms with Gasteiger partial charge in [0.2, 0.25) is 0 Å². The van der Waals surface area contributed by atoms with Crippen LogP contribution in [0.15, 0.2) is 48.5 Å². The van der Waals surface area contributed by atoms with Crippen molar-refractivity contribution in [3.05, 3.63) is 70.8 Å². The molecule has 1 aliphatic rings. The topological polar surface area (TPSA) is 46.2 Å². The minimum Gasteiger partial charge on any atom is -0.317 e. The van der Waals surface area contributed by atoms with E-state index in [9.17, 15) is 34.8 Å². The molecule has 0 saturated carbocycles. The first-order valence-electron chi connectivity index (χ1n) is 9.56. The Labute approximate surface area is 176 Å². The highest BCUT2D eigenvalue weighted by atomic mass is 32.2. The number of hydrogen-bond donors (Lipinski definition) is 1. The normalized spacial score (nSPS) is 17.5. The van der Waals surface area contributed by atoms with E-state index >= 15 is 0 Å². The van der Waals surface area contributed by atoms with Crippen molar-refractivity contribution in [1.29, 1.82) is 0 Å². The Bertz CT molecular complexity index is 978. The van der Waals surface area contributed by atoms with E-state index in [0.29, 0.717) is 38.1 Å². The molecule has 0 atom stereocenters. The number of halogens is 6. The number of benzene rings is 2. The Morgan fingerprint density at radius 2 is 1.35 bits per heavy atom. The molecular weight excluding hydrogens is 444 g/mol. The third-order valence-corrected chi connectivity index (χ3v) is 7.24. The minimum atomic E-state index is -5.03. The average molecular weight is 465 g/mol. The van der Waals surface area contributed by atoms with Crippen LogP contribution in [-0.4, -0.2) is 27.3 Å². The largest absolute Gasteiger partial charge is 0.416 e. The second kappa shape index (κ2) is 8.46. The molecule has 0 amide bonds. The molecule has 3 nitrogen and oxygen atoms in total. The Morgan fingerprint density at radius 1 is 0.839 bits per heavy atom. The van der Waals surface area contributed by atoms with Gasteiger partial charge in [-0.05, 0) is 55.3 Å². The van der Waals surface area contributed by atoms with Gasteiger partial charge in [0.1, 0.15) is 0 Å². The number of alkyl halides is 6. The van der Waals surface area contributed by atoms with Crippen molar-refractivity contribution in [1.82, 2.24) is 5.32 Å². The highest BCUT2D eigenvalue weighted by molar-refractivity contribution is 7.90. The van der Waals surface area contributed by atoms with E-state index < -0.39 is 50.0 Å². The smallest absolute Gasteiger partial charge is 0.317 e. The van der Waals surface area contributed by atoms with Crippen molar-refractivity contribution in [2.45, 2.75) is 36.4 Å². The highest BCUT2D eigenvalue weighted by Crippen LogP contribution is 2.38. The van der Waals surface area contributed by atoms with E-state index in [1.165, 1.54) is 0 Å². The SMILES string of the molecule is O=S(=O)(Cc1cc(C(F)(F)F)cc(C(F)(F)F)c1)CC1(c2ccccc2)CCNCC1. The first-order chi connectivity index (χ1) is 14.3. The van der Waals surface area contributed by atoms with Crippen LogP contribution in [0, 0.1) is 0 Å². The number of sulfone groups is 1. The maximum absolute atomic E-state index is 13.1. The summed E-state index contributed by atoms with van der Waals surface area (Å²) in [5.74, 6) is -1.26. The number of piperidine rings is 1. The summed E-state index contributed by atoms with van der Waals surface area (Å²) in [4.78, 5) is 0. The van der Waals surface area contributed by atoms with Crippen LogP contribution in [0.3, 0.4) is 0 Å². The van der Waals surface area contributed by atoms with E-state index in [-0.39, 0.29) is 11.8 Å². The number of hydrogen-bond acceptors (Lipinski definition) is 3. The fraction of sp³-hybridized carbons (Fsp3) is 0.429. The standard InChI is InChI=1S/C21H21F6NO2S/c22-20(23,24)17-10-15(11-18(12-17)21(25,26)27)13-31(29,30)14-19(6-8-28-9-7-19)16-4-2-1-3-5-16/h1-5,10-12,28H,6-9,13-14H2. The van der Waals surface area contributed by atoms with Crippen LogP contribution in [0.25, 0.3) is 0 Å². The molecule has 31 heavy (non-hydrogen) atoms. The fourth-order valence-corrected chi connectivity index (χ4v) is 6.12. The number of rotatable bonds is 5. The van der Waals surface area contributed by atoms with Crippen LogP contribution in [0.4, 0.5) is 26.3 Å². The zero-order valence-electron chi connectivity index (χ0n) is 16.4. The molecule has 1 aliphatic heterocycles. The van der Waals surface area contributed by atoms with Gasteiger partial charge >= 0.3 is 12.4 Å². The molecular formula is C21H21F6NO2S. The van der Waals surface area contributed by atoms with Crippen molar-refractivity contribution in [2.75, 3.05) is 18.8 Å². The van der Waals surface area contributed by atoms with Crippen LogP contribution >= 0.6 is 0 Å². The summed E-state index contributed by atoms with van der Waals surface area (Å²) < 4.78 is 105. The summed E-state index contributed by atoms with van der Waals surface area (Å²) in [5.41, 5.74) is -3.53. The molecule has 0 unspecified atom stereocenters. The van der Waals surface area contributed by atoms with E-state index in [1.807, 2.05) is 0 Å². The molecule has 2 aromatic carbocycles. The lowest BCUT2D eigenvalue weighted by Gasteiger charge is -2.38. The quantitative estimate of drug-likeness (QED) is 0.635. The lowest BCUT2D eigenvalue weighted by Crippen LogP contribution is -2.44. The van der Waals surface area contributed by atoms with Gasteiger partial charge in [-0.2, -0.15) is 26.3 Å². The molecule has 1 N–H and O–H groups in total. The van der Waals surface area contributed by atoms with E-state index in [0.717, 1.165) is 5.56 Å². The van der Waals surface area contributed by atoms with Gasteiger partial charge in [0.15, 0.2) is 9.84 Å². The van der Waals surface area contributed by atoms with Crippen molar-refractivity contribution < 1.29 is 34.8 Å². The molecule has 3 rings (SSSR count). The van der Waals surface area contributed by atoms with E-state index in [1.54, 1.807) is 30.3 Å². The van der Waals surface area contributed by atoms with E-state index in [2.05, 4.69) is 5.32 Å². The number of nitrogens with one attached hydrogen (secondary N) is 1. The Balaban J connectivity index is 1.96. The van der Waals surface area contributed by atoms with Gasteiger partial charge in [-0.25, -0.2) is 8.42 Å². The van der Waals surface area contributed by atoms with Gasteiger partial charge < -0.3 is 5.32 Å². The predicted octanol–water partition coefficient (Wildman–Crippen LogP) is 4.96. The maximum atomic E-state index is 13.1. The first kappa shape index (κ1) is 23.6. The summed E-state index contributed by atoms with van der Waals surface area (Å²) in [7, 11) is -4.03. The second-order valence-electron chi connectivity index (χ2n) is 7.84. The van der Waals surface area contributed by atoms with Gasteiger partial charge in [0.05, 0.1) is 22.6 Å². The van der Waals surface area contributed by atoms with Gasteiger partial charge in [0.25, 0.3) is 0 Å². The second-order valence-corrected chi connectivity index (χ2v) is 9.91. The Kier molecular flexibility index (Phi) is 6.44. The molecule has 0 aromatic heterocycles. The molecule has 0 bridgehead atoms. The average Bonchev–Trinajstić information content (AvgIpc) is 2.67. The molecule has 10 heteroatoms. The summed E-state index contributed by atoms with van der Waals surface area (Å²) in [6, 6.07) is 9.87. The molecule has 170 valence electrons. The minimum absolute atomic E-state index is 0.00557. The monoisotopic (exact) mass is 465 g/mol. The van der Waals surface area contributed by atoms with Crippen molar-refractivity contribution in [3.63, 3.8) is 0 Å². The highest BCUT2D eigenvalue weighted by Gasteiger charge is 2.40. The Morgan fingerprint density at radius 3 is 1.84 bits per heavy atom. The van der Waals surface area contributed by atoms with Crippen molar-refractivity contribution in [3.8, 4) is 0 Å². The van der Waals surface area contributed by atoms with E-state index in [4.69, 9.17) is 0 Å². The summed E-state index contributed by atoms with van der Waals surface area (Å²) in [6.07, 6.45) is -9.07. The molecule has 0 aliphatic carbocycles. The predicted molar refractivity (Wildman–Crippen MR) is 104 cm³/mol. The first-order valence-corrected chi connectivity index (χ1v) is 11.4. The van der Waals surface area contributed by atoms with Crippen LogP contribution in [-0.2, 0) is 33.4 Å². The zero-order valence-corrected chi connectivity index (χ0v) is 17.2. The van der Waals surface area contributed by atoms with Crippen LogP contribution in [0.5, 0.6) is 0 Å². The lowest BCUT2D eigenvalue weighted by molar-refractivity contribution is -0.143. The molecule has 1 saturated heterocycles. The van der Waals surface area contributed by atoms with Crippen molar-refractivity contribution >= 4 is 9.84 Å². The van der Waals surface area contributed by atoms with Gasteiger partial charge in [0, 0.05) is 5.41 Å². The molecule has 2 aromatic rings. The molecule has 0 spiro atoms. The van der Waals surface area contributed by atoms with Gasteiger partial charge in [-0.3, -0.25) is 0 Å². The van der Waals surface area contributed by atoms with Crippen molar-refractivity contribution in [2.24, 2.45) is 0 Å². The van der Waals surface area contributed by atoms with Crippen LogP contribution in [0.1, 0.15) is 35.1 Å². The third-order valence-electron chi connectivity index (χ3n) is 5.48. The fourth-order valence-electron chi connectivity index (χ4n) is 4.04. The zero-order chi connectivity index (χ0) is 22.9. The lowest BCUT2D eigenvalue weighted by atomic mass is 9.75. The van der Waals surface area contributed by atoms with Gasteiger partial charge in [-0.1, -0.05) is 30.3 Å². The summed E-state index contributed by atoms with van der Waals surface area (Å²) in [6.45, 7) is 1.12. The third kappa shape index (κ3) is 5.79. The Hall–Kier alpha value is -2.07. The van der Waals surface area contributed by atoms with Crippen LogP contribution in [0.2, 0.25) is 0 Å². The maximum Gasteiger partial charge on any atom is 0.416 e.